The van der Waals surface area contributed by atoms with Gasteiger partial charge in [-0.2, -0.15) is 0 Å². The molecule has 0 aromatic heterocycles. The summed E-state index contributed by atoms with van der Waals surface area (Å²) in [5, 5.41) is 20.3. The molecule has 0 bridgehead atoms. The molecule has 2 aliphatic heterocycles. The van der Waals surface area contributed by atoms with Crippen LogP contribution in [0.5, 0.6) is 0 Å². The predicted octanol–water partition coefficient (Wildman–Crippen LogP) is 2.40. The van der Waals surface area contributed by atoms with Gasteiger partial charge in [0.2, 0.25) is 0 Å². The van der Waals surface area contributed by atoms with E-state index in [2.05, 4.69) is 0 Å². The number of aliphatic hydroxyl groups excluding tert-OH is 2. The molecule has 138 valence electrons. The van der Waals surface area contributed by atoms with E-state index in [-0.39, 0.29) is 18.2 Å². The Morgan fingerprint density at radius 1 is 1.15 bits per heavy atom. The highest BCUT2D eigenvalue weighted by molar-refractivity contribution is 5.82. The lowest BCUT2D eigenvalue weighted by atomic mass is 9.95. The third-order valence-electron chi connectivity index (χ3n) is 4.50. The topological polar surface area (TPSA) is 76.0 Å². The van der Waals surface area contributed by atoms with Crippen LogP contribution in [0.1, 0.15) is 24.8 Å². The number of ether oxygens (including phenoxy) is 2. The van der Waals surface area contributed by atoms with E-state index in [0.29, 0.717) is 19.3 Å². The van der Waals surface area contributed by atoms with Gasteiger partial charge in [0.15, 0.2) is 0 Å². The predicted molar refractivity (Wildman–Crippen MR) is 98.2 cm³/mol. The van der Waals surface area contributed by atoms with Gasteiger partial charge in [0.05, 0.1) is 12.2 Å². The van der Waals surface area contributed by atoms with Crippen molar-refractivity contribution in [2.24, 2.45) is 0 Å². The summed E-state index contributed by atoms with van der Waals surface area (Å²) in [6.45, 7) is 0. The third-order valence-corrected chi connectivity index (χ3v) is 4.50. The Morgan fingerprint density at radius 2 is 1.96 bits per heavy atom. The maximum absolute atomic E-state index is 11.2. The second-order valence-electron chi connectivity index (χ2n) is 6.56. The van der Waals surface area contributed by atoms with Gasteiger partial charge in [0.25, 0.3) is 0 Å². The molecule has 1 saturated heterocycles. The number of hydrogen-bond donors (Lipinski definition) is 2. The Bertz CT molecular complexity index is 679. The van der Waals surface area contributed by atoms with Gasteiger partial charge in [-0.25, -0.2) is 4.79 Å². The van der Waals surface area contributed by atoms with E-state index < -0.39 is 18.3 Å². The molecule has 2 N–H and O–H groups in total. The summed E-state index contributed by atoms with van der Waals surface area (Å²) in [6, 6.07) is 9.74. The molecule has 1 fully saturated rings. The zero-order chi connectivity index (χ0) is 18.4. The van der Waals surface area contributed by atoms with Crippen molar-refractivity contribution in [3.8, 4) is 0 Å². The summed E-state index contributed by atoms with van der Waals surface area (Å²) in [5.74, 6) is -0.329. The first kappa shape index (κ1) is 18.6. The molecule has 5 atom stereocenters. The van der Waals surface area contributed by atoms with E-state index >= 15 is 0 Å². The monoisotopic (exact) mass is 356 g/mol. The fraction of sp³-hybridized carbons (Fsp3) is 0.381. The molecule has 0 radical (unpaired) electrons. The summed E-state index contributed by atoms with van der Waals surface area (Å²) in [4.78, 5) is 11.2. The zero-order valence-electron chi connectivity index (χ0n) is 14.5. The molecule has 1 aromatic rings. The van der Waals surface area contributed by atoms with E-state index in [1.807, 2.05) is 48.6 Å². The van der Waals surface area contributed by atoms with Gasteiger partial charge in [-0.3, -0.25) is 0 Å². The van der Waals surface area contributed by atoms with Gasteiger partial charge in [0.1, 0.15) is 18.3 Å². The number of aliphatic hydroxyl groups is 2. The third kappa shape index (κ3) is 5.14. The smallest absolute Gasteiger partial charge is 0.331 e. The van der Waals surface area contributed by atoms with Crippen molar-refractivity contribution in [1.29, 1.82) is 0 Å². The molecule has 1 aromatic carbocycles. The van der Waals surface area contributed by atoms with Crippen molar-refractivity contribution < 1.29 is 24.5 Å². The molecule has 0 unspecified atom stereocenters. The van der Waals surface area contributed by atoms with E-state index in [0.717, 1.165) is 5.56 Å². The lowest BCUT2D eigenvalue weighted by Gasteiger charge is -2.35. The Balaban J connectivity index is 1.56. The van der Waals surface area contributed by atoms with Crippen molar-refractivity contribution in [2.45, 2.75) is 49.8 Å². The number of esters is 1. The number of benzene rings is 1. The van der Waals surface area contributed by atoms with Gasteiger partial charge >= 0.3 is 5.97 Å². The average molecular weight is 356 g/mol. The molecule has 0 aliphatic carbocycles. The minimum Gasteiger partial charge on any atom is -0.455 e. The van der Waals surface area contributed by atoms with E-state index in [9.17, 15) is 15.0 Å². The van der Waals surface area contributed by atoms with Gasteiger partial charge in [-0.15, -0.1) is 0 Å². The molecule has 2 aliphatic rings. The zero-order valence-corrected chi connectivity index (χ0v) is 14.5. The minimum atomic E-state index is -0.945. The molecule has 26 heavy (non-hydrogen) atoms. The lowest BCUT2D eigenvalue weighted by Crippen LogP contribution is -2.47. The quantitative estimate of drug-likeness (QED) is 0.626. The Morgan fingerprint density at radius 3 is 2.73 bits per heavy atom. The van der Waals surface area contributed by atoms with Crippen molar-refractivity contribution >= 4 is 12.0 Å². The number of cyclic esters (lactones) is 1. The Labute approximate surface area is 153 Å². The molecular weight excluding hydrogens is 332 g/mol. The standard InChI is InChI=1S/C21H24O5/c22-18-14-17(10-4-8-16-9-5-11-20(23)26-16)25-19(21(18)24)13-12-15-6-2-1-3-7-15/h1-8,11-13,16-19,21-22,24H,9-10,14H2/b8-4+,13-12+/t16-,17+,18-,19+,21-/m0/s1. The van der Waals surface area contributed by atoms with Crippen LogP contribution in [0, 0.1) is 0 Å². The Hall–Kier alpha value is -2.21. The van der Waals surface area contributed by atoms with Crippen LogP contribution in [0.3, 0.4) is 0 Å². The average Bonchev–Trinajstić information content (AvgIpc) is 2.64. The second kappa shape index (κ2) is 8.94. The maximum atomic E-state index is 11.2. The second-order valence-corrected chi connectivity index (χ2v) is 6.56. The first-order valence-electron chi connectivity index (χ1n) is 8.90. The van der Waals surface area contributed by atoms with Crippen LogP contribution < -0.4 is 0 Å². The van der Waals surface area contributed by atoms with Crippen LogP contribution in [0.2, 0.25) is 0 Å². The largest absolute Gasteiger partial charge is 0.455 e. The number of hydrogen-bond acceptors (Lipinski definition) is 5. The van der Waals surface area contributed by atoms with Gasteiger partial charge in [-0.05, 0) is 18.1 Å². The lowest BCUT2D eigenvalue weighted by molar-refractivity contribution is -0.149. The number of carbonyl (C=O) groups is 1. The van der Waals surface area contributed by atoms with E-state index in [4.69, 9.17) is 9.47 Å². The summed E-state index contributed by atoms with van der Waals surface area (Å²) in [7, 11) is 0. The highest BCUT2D eigenvalue weighted by Gasteiger charge is 2.34. The fourth-order valence-corrected chi connectivity index (χ4v) is 3.10. The number of carbonyl (C=O) groups excluding carboxylic acids is 1. The van der Waals surface area contributed by atoms with Crippen LogP contribution in [-0.4, -0.2) is 46.7 Å². The summed E-state index contributed by atoms with van der Waals surface area (Å²) < 4.78 is 11.1. The van der Waals surface area contributed by atoms with Crippen molar-refractivity contribution in [1.82, 2.24) is 0 Å². The summed E-state index contributed by atoms with van der Waals surface area (Å²) >= 11 is 0. The highest BCUT2D eigenvalue weighted by Crippen LogP contribution is 2.24. The summed E-state index contributed by atoms with van der Waals surface area (Å²) in [6.07, 6.45) is 9.46. The van der Waals surface area contributed by atoms with Crippen LogP contribution in [0.15, 0.2) is 60.7 Å². The van der Waals surface area contributed by atoms with Gasteiger partial charge in [0, 0.05) is 18.9 Å². The normalized spacial score (nSPS) is 32.2. The molecule has 5 nitrogen and oxygen atoms in total. The van der Waals surface area contributed by atoms with Crippen LogP contribution in [-0.2, 0) is 14.3 Å². The summed E-state index contributed by atoms with van der Waals surface area (Å²) in [5.41, 5.74) is 1.01. The SMILES string of the molecule is O=C1C=CC[C@H](/C=C/C[C@@H]2C[C@H](O)[C@H](O)[C@@H](/C=C/c3ccccc3)O2)O1. The van der Waals surface area contributed by atoms with E-state index in [1.54, 1.807) is 12.2 Å². The molecule has 2 heterocycles. The van der Waals surface area contributed by atoms with Crippen molar-refractivity contribution in [3.05, 3.63) is 66.3 Å². The molecule has 0 spiro atoms. The first-order valence-corrected chi connectivity index (χ1v) is 8.90. The Kier molecular flexibility index (Phi) is 6.39. The van der Waals surface area contributed by atoms with Gasteiger partial charge in [-0.1, -0.05) is 54.6 Å². The van der Waals surface area contributed by atoms with Crippen molar-refractivity contribution in [2.75, 3.05) is 0 Å². The van der Waals surface area contributed by atoms with Crippen molar-refractivity contribution in [3.63, 3.8) is 0 Å². The molecule has 5 heteroatoms. The molecule has 3 rings (SSSR count). The maximum Gasteiger partial charge on any atom is 0.331 e. The number of rotatable bonds is 5. The molecular formula is C21H24O5. The molecule has 0 amide bonds. The first-order chi connectivity index (χ1) is 12.6. The highest BCUT2D eigenvalue weighted by atomic mass is 16.5. The molecule has 0 saturated carbocycles. The van der Waals surface area contributed by atoms with Crippen LogP contribution >= 0.6 is 0 Å². The fourth-order valence-electron chi connectivity index (χ4n) is 3.10. The minimum absolute atomic E-state index is 0.204. The van der Waals surface area contributed by atoms with Gasteiger partial charge < -0.3 is 19.7 Å². The van der Waals surface area contributed by atoms with Crippen LogP contribution in [0.4, 0.5) is 0 Å². The van der Waals surface area contributed by atoms with E-state index in [1.165, 1.54) is 6.08 Å². The van der Waals surface area contributed by atoms with Crippen LogP contribution in [0.25, 0.3) is 6.08 Å².